The Hall–Kier alpha value is -2.59. The summed E-state index contributed by atoms with van der Waals surface area (Å²) in [6, 6.07) is 8.33. The van der Waals surface area contributed by atoms with E-state index in [0.29, 0.717) is 29.9 Å². The van der Waals surface area contributed by atoms with E-state index in [2.05, 4.69) is 4.72 Å². The molecular formula is C19H18F3NO5S. The number of carboxylic acid groups (broad SMARTS) is 1. The number of fused-ring (bicyclic) bond motifs is 1. The number of nitrogens with one attached hydrogen (secondary N) is 1. The second-order valence-electron chi connectivity index (χ2n) is 6.61. The van der Waals surface area contributed by atoms with Crippen molar-refractivity contribution in [3.63, 3.8) is 0 Å². The summed E-state index contributed by atoms with van der Waals surface area (Å²) in [6.45, 7) is 0.312. The van der Waals surface area contributed by atoms with E-state index in [0.717, 1.165) is 24.3 Å². The Morgan fingerprint density at radius 3 is 2.48 bits per heavy atom. The molecule has 1 unspecified atom stereocenters. The van der Waals surface area contributed by atoms with Crippen LogP contribution in [0.1, 0.15) is 29.0 Å². The van der Waals surface area contributed by atoms with Crippen LogP contribution in [0.2, 0.25) is 0 Å². The highest BCUT2D eigenvalue weighted by Crippen LogP contribution is 2.36. The molecule has 6 nitrogen and oxygen atoms in total. The second kappa shape index (κ2) is 8.03. The van der Waals surface area contributed by atoms with E-state index >= 15 is 0 Å². The van der Waals surface area contributed by atoms with Crippen molar-refractivity contribution in [1.29, 1.82) is 0 Å². The minimum absolute atomic E-state index is 0.0102. The van der Waals surface area contributed by atoms with E-state index in [-0.39, 0.29) is 23.8 Å². The number of rotatable bonds is 6. The molecule has 2 N–H and O–H groups in total. The Bertz CT molecular complexity index is 1000. The molecule has 0 spiro atoms. The summed E-state index contributed by atoms with van der Waals surface area (Å²) in [7, 11) is -4.01. The number of ether oxygens (including phenoxy) is 1. The summed E-state index contributed by atoms with van der Waals surface area (Å²) in [6.07, 6.45) is -4.25. The summed E-state index contributed by atoms with van der Waals surface area (Å²) in [5.41, 5.74) is 0.274. The van der Waals surface area contributed by atoms with Crippen molar-refractivity contribution in [3.8, 4) is 5.75 Å². The predicted octanol–water partition coefficient (Wildman–Crippen LogP) is 3.18. The molecule has 0 bridgehead atoms. The van der Waals surface area contributed by atoms with Crippen molar-refractivity contribution in [2.45, 2.75) is 29.8 Å². The van der Waals surface area contributed by atoms with Crippen molar-refractivity contribution in [2.75, 3.05) is 13.2 Å². The van der Waals surface area contributed by atoms with Crippen LogP contribution in [-0.4, -0.2) is 32.6 Å². The maximum atomic E-state index is 12.6. The van der Waals surface area contributed by atoms with Crippen LogP contribution in [0.4, 0.5) is 13.2 Å². The van der Waals surface area contributed by atoms with E-state index in [1.165, 1.54) is 0 Å². The molecule has 0 fully saturated rings. The second-order valence-corrected chi connectivity index (χ2v) is 8.38. The molecule has 0 radical (unpaired) electrons. The van der Waals surface area contributed by atoms with Crippen LogP contribution in [0.15, 0.2) is 47.4 Å². The van der Waals surface area contributed by atoms with Crippen LogP contribution in [0, 0.1) is 0 Å². The minimum atomic E-state index is -4.55. The molecule has 2 aromatic rings. The van der Waals surface area contributed by atoms with Gasteiger partial charge in [0.15, 0.2) is 0 Å². The first-order valence-corrected chi connectivity index (χ1v) is 10.2. The first-order chi connectivity index (χ1) is 13.6. The topological polar surface area (TPSA) is 92.7 Å². The molecule has 1 atom stereocenters. The Morgan fingerprint density at radius 1 is 1.17 bits per heavy atom. The fourth-order valence-corrected chi connectivity index (χ4v) is 4.27. The third-order valence-corrected chi connectivity index (χ3v) is 6.07. The van der Waals surface area contributed by atoms with Crippen LogP contribution in [-0.2, 0) is 27.4 Å². The molecule has 0 aromatic heterocycles. The number of sulfonamides is 1. The highest BCUT2D eigenvalue weighted by atomic mass is 32.2. The third kappa shape index (κ3) is 4.88. The quantitative estimate of drug-likeness (QED) is 0.736. The number of aliphatic carboxylic acids is 1. The van der Waals surface area contributed by atoms with Gasteiger partial charge in [-0.05, 0) is 36.2 Å². The van der Waals surface area contributed by atoms with Crippen LogP contribution in [0.25, 0.3) is 0 Å². The summed E-state index contributed by atoms with van der Waals surface area (Å²) in [5.74, 6) is -0.816. The highest BCUT2D eigenvalue weighted by molar-refractivity contribution is 7.89. The average molecular weight is 429 g/mol. The molecule has 0 amide bonds. The molecule has 3 rings (SSSR count). The van der Waals surface area contributed by atoms with E-state index in [9.17, 15) is 26.4 Å². The molecule has 0 saturated heterocycles. The lowest BCUT2D eigenvalue weighted by Gasteiger charge is -2.27. The summed E-state index contributed by atoms with van der Waals surface area (Å²) in [4.78, 5) is 10.8. The van der Waals surface area contributed by atoms with Gasteiger partial charge in [-0.15, -0.1) is 0 Å². The lowest BCUT2D eigenvalue weighted by atomic mass is 9.91. The zero-order valence-electron chi connectivity index (χ0n) is 15.1. The van der Waals surface area contributed by atoms with E-state index in [1.807, 2.05) is 0 Å². The van der Waals surface area contributed by atoms with Crippen molar-refractivity contribution in [1.82, 2.24) is 4.72 Å². The van der Waals surface area contributed by atoms with Gasteiger partial charge in [-0.1, -0.05) is 18.2 Å². The Morgan fingerprint density at radius 2 is 1.86 bits per heavy atom. The molecule has 1 aliphatic heterocycles. The molecule has 0 aliphatic carbocycles. The minimum Gasteiger partial charge on any atom is -0.493 e. The fraction of sp³-hybridized carbons (Fsp3) is 0.316. The molecule has 29 heavy (non-hydrogen) atoms. The zero-order valence-corrected chi connectivity index (χ0v) is 15.9. The normalized spacial score (nSPS) is 16.7. The van der Waals surface area contributed by atoms with Gasteiger partial charge < -0.3 is 9.84 Å². The number of benzene rings is 2. The number of hydrogen-bond donors (Lipinski definition) is 2. The lowest BCUT2D eigenvalue weighted by Crippen LogP contribution is -2.31. The largest absolute Gasteiger partial charge is 0.493 e. The van der Waals surface area contributed by atoms with Crippen LogP contribution >= 0.6 is 0 Å². The first kappa shape index (κ1) is 21.1. The summed E-state index contributed by atoms with van der Waals surface area (Å²) < 4.78 is 70.9. The van der Waals surface area contributed by atoms with Gasteiger partial charge in [0, 0.05) is 18.0 Å². The fourth-order valence-electron chi connectivity index (χ4n) is 3.19. The molecule has 2 aromatic carbocycles. The average Bonchev–Trinajstić information content (AvgIpc) is 2.66. The standard InChI is InChI=1S/C19H18F3NO5S/c20-19(21,22)14-4-6-15(7-5-14)29(26,27)23-11-13-8-9-28-18-12(10-17(24)25)2-1-3-16(13)18/h1-7,13,23H,8-11H2,(H,24,25). The summed E-state index contributed by atoms with van der Waals surface area (Å²) in [5, 5.41) is 9.02. The monoisotopic (exact) mass is 429 g/mol. The van der Waals surface area contributed by atoms with Gasteiger partial charge in [0.25, 0.3) is 0 Å². The molecule has 10 heteroatoms. The predicted molar refractivity (Wildman–Crippen MR) is 97.3 cm³/mol. The zero-order chi connectivity index (χ0) is 21.2. The smallest absolute Gasteiger partial charge is 0.416 e. The number of halogens is 3. The van der Waals surface area contributed by atoms with Gasteiger partial charge in [0.05, 0.1) is 23.5 Å². The number of carbonyl (C=O) groups is 1. The van der Waals surface area contributed by atoms with Crippen molar-refractivity contribution >= 4 is 16.0 Å². The summed E-state index contributed by atoms with van der Waals surface area (Å²) >= 11 is 0. The maximum absolute atomic E-state index is 12.6. The molecule has 1 heterocycles. The van der Waals surface area contributed by atoms with Crippen molar-refractivity contribution in [2.24, 2.45) is 0 Å². The molecule has 1 aliphatic rings. The van der Waals surface area contributed by atoms with Crippen LogP contribution in [0.5, 0.6) is 5.75 Å². The number of hydrogen-bond acceptors (Lipinski definition) is 4. The molecule has 156 valence electrons. The Kier molecular flexibility index (Phi) is 5.85. The Balaban J connectivity index is 1.76. The van der Waals surface area contributed by atoms with Gasteiger partial charge in [0.2, 0.25) is 10.0 Å². The van der Waals surface area contributed by atoms with Crippen molar-refractivity contribution < 1.29 is 36.2 Å². The number of carboxylic acids is 1. The first-order valence-electron chi connectivity index (χ1n) is 8.71. The van der Waals surface area contributed by atoms with Gasteiger partial charge in [-0.25, -0.2) is 13.1 Å². The highest BCUT2D eigenvalue weighted by Gasteiger charge is 2.31. The van der Waals surface area contributed by atoms with Gasteiger partial charge >= 0.3 is 12.1 Å². The van der Waals surface area contributed by atoms with Crippen LogP contribution in [0.3, 0.4) is 0 Å². The van der Waals surface area contributed by atoms with E-state index in [1.54, 1.807) is 18.2 Å². The van der Waals surface area contributed by atoms with Crippen LogP contribution < -0.4 is 9.46 Å². The maximum Gasteiger partial charge on any atom is 0.416 e. The van der Waals surface area contributed by atoms with Gasteiger partial charge in [-0.3, -0.25) is 4.79 Å². The Labute approximate surface area is 165 Å². The van der Waals surface area contributed by atoms with E-state index in [4.69, 9.17) is 9.84 Å². The SMILES string of the molecule is O=C(O)Cc1cccc2c1OCCC2CNS(=O)(=O)c1ccc(C(F)(F)F)cc1. The van der Waals surface area contributed by atoms with Crippen molar-refractivity contribution in [3.05, 3.63) is 59.2 Å². The van der Waals surface area contributed by atoms with E-state index < -0.39 is 27.7 Å². The van der Waals surface area contributed by atoms with Gasteiger partial charge in [0.1, 0.15) is 5.75 Å². The molecular weight excluding hydrogens is 411 g/mol. The number of alkyl halides is 3. The number of para-hydroxylation sites is 1. The van der Waals surface area contributed by atoms with Gasteiger partial charge in [-0.2, -0.15) is 13.2 Å². The molecule has 0 saturated carbocycles. The lowest BCUT2D eigenvalue weighted by molar-refractivity contribution is -0.138. The third-order valence-electron chi connectivity index (χ3n) is 4.63.